The van der Waals surface area contributed by atoms with Gasteiger partial charge in [-0.1, -0.05) is 178 Å². The van der Waals surface area contributed by atoms with E-state index in [-0.39, 0.29) is 5.41 Å². The van der Waals surface area contributed by atoms with Crippen molar-refractivity contribution < 1.29 is 0 Å². The fourth-order valence-corrected chi connectivity index (χ4v) is 9.48. The second kappa shape index (κ2) is 12.5. The molecule has 0 aliphatic heterocycles. The minimum atomic E-state index is -0.109. The average molecular weight is 714 g/mol. The van der Waals surface area contributed by atoms with Crippen molar-refractivity contribution in [3.05, 3.63) is 211 Å². The first-order valence-electron chi connectivity index (χ1n) is 19.6. The molecule has 0 fully saturated rings. The van der Waals surface area contributed by atoms with Crippen molar-refractivity contribution in [1.82, 2.24) is 0 Å². The van der Waals surface area contributed by atoms with E-state index in [2.05, 4.69) is 219 Å². The summed E-state index contributed by atoms with van der Waals surface area (Å²) in [7, 11) is 0. The van der Waals surface area contributed by atoms with Crippen molar-refractivity contribution in [2.45, 2.75) is 19.3 Å². The summed E-state index contributed by atoms with van der Waals surface area (Å²) in [6, 6.07) is 74.0. The summed E-state index contributed by atoms with van der Waals surface area (Å²) in [4.78, 5) is 2.44. The van der Waals surface area contributed by atoms with Crippen LogP contribution >= 0.6 is 0 Å². The Kier molecular flexibility index (Phi) is 7.28. The van der Waals surface area contributed by atoms with Crippen molar-refractivity contribution in [2.75, 3.05) is 4.90 Å². The number of hydrogen-bond acceptors (Lipinski definition) is 1. The number of benzene rings is 10. The van der Waals surface area contributed by atoms with Crippen LogP contribution in [0, 0.1) is 0 Å². The predicted molar refractivity (Wildman–Crippen MR) is 240 cm³/mol. The maximum atomic E-state index is 2.44. The molecule has 0 radical (unpaired) electrons. The fourth-order valence-electron chi connectivity index (χ4n) is 9.48. The minimum absolute atomic E-state index is 0.109. The van der Waals surface area contributed by atoms with Crippen LogP contribution in [0.1, 0.15) is 25.0 Å². The smallest absolute Gasteiger partial charge is 0.0467 e. The molecule has 0 heterocycles. The van der Waals surface area contributed by atoms with Gasteiger partial charge in [0.05, 0.1) is 0 Å². The highest BCUT2D eigenvalue weighted by atomic mass is 15.1. The van der Waals surface area contributed by atoms with Gasteiger partial charge >= 0.3 is 0 Å². The second-order valence-electron chi connectivity index (χ2n) is 15.7. The third kappa shape index (κ3) is 5.01. The Hall–Kier alpha value is -6.96. The summed E-state index contributed by atoms with van der Waals surface area (Å²) in [5, 5.41) is 10.3. The maximum absolute atomic E-state index is 2.44. The highest BCUT2D eigenvalue weighted by Gasteiger charge is 2.35. The van der Waals surface area contributed by atoms with E-state index >= 15 is 0 Å². The average Bonchev–Trinajstić information content (AvgIpc) is 3.49. The molecular formula is C55H39N. The van der Waals surface area contributed by atoms with Crippen molar-refractivity contribution in [3.63, 3.8) is 0 Å². The molecule has 0 atom stereocenters. The molecule has 11 rings (SSSR count). The van der Waals surface area contributed by atoms with Gasteiger partial charge in [-0.2, -0.15) is 0 Å². The van der Waals surface area contributed by atoms with Crippen LogP contribution in [0.5, 0.6) is 0 Å². The summed E-state index contributed by atoms with van der Waals surface area (Å²) >= 11 is 0. The van der Waals surface area contributed by atoms with E-state index < -0.39 is 0 Å². The van der Waals surface area contributed by atoms with Crippen LogP contribution in [-0.2, 0) is 5.41 Å². The highest BCUT2D eigenvalue weighted by Crippen LogP contribution is 2.51. The standard InChI is InChI=1S/C55H39N/c1-55(2)51-24-9-8-21-48(51)49-32-30-44(35-52(49)55)56(42-18-10-16-40(33-42)36-13-4-3-5-14-36)43-19-11-17-41(34-43)45-22-12-23-50-47(45)31-29-39-28-27-38-26-25-37-15-6-7-20-46(37)53(38)54(39)50/h3-35H,1-2H3. The molecule has 0 saturated heterocycles. The van der Waals surface area contributed by atoms with Crippen molar-refractivity contribution in [2.24, 2.45) is 0 Å². The maximum Gasteiger partial charge on any atom is 0.0467 e. The van der Waals surface area contributed by atoms with Crippen LogP contribution < -0.4 is 4.90 Å². The molecule has 10 aromatic rings. The summed E-state index contributed by atoms with van der Waals surface area (Å²) < 4.78 is 0. The molecule has 1 nitrogen and oxygen atoms in total. The number of anilines is 3. The Balaban J connectivity index is 1.11. The number of hydrogen-bond donors (Lipinski definition) is 0. The zero-order valence-corrected chi connectivity index (χ0v) is 31.5. The predicted octanol–water partition coefficient (Wildman–Crippen LogP) is 15.4. The third-order valence-electron chi connectivity index (χ3n) is 12.2. The molecule has 0 saturated carbocycles. The van der Waals surface area contributed by atoms with Gasteiger partial charge in [0.1, 0.15) is 0 Å². The first-order valence-corrected chi connectivity index (χ1v) is 19.6. The van der Waals surface area contributed by atoms with Crippen molar-refractivity contribution in [1.29, 1.82) is 0 Å². The number of fused-ring (bicyclic) bond motifs is 10. The molecule has 1 aliphatic rings. The molecule has 0 bridgehead atoms. The zero-order valence-electron chi connectivity index (χ0n) is 31.5. The lowest BCUT2D eigenvalue weighted by Crippen LogP contribution is -2.16. The van der Waals surface area contributed by atoms with E-state index in [9.17, 15) is 0 Å². The highest BCUT2D eigenvalue weighted by molar-refractivity contribution is 6.28. The number of nitrogens with zero attached hydrogens (tertiary/aromatic N) is 1. The van der Waals surface area contributed by atoms with Gasteiger partial charge in [0.25, 0.3) is 0 Å². The quantitative estimate of drug-likeness (QED) is 0.161. The summed E-state index contributed by atoms with van der Waals surface area (Å²) in [6.07, 6.45) is 0. The van der Waals surface area contributed by atoms with Gasteiger partial charge in [-0.25, -0.2) is 0 Å². The normalized spacial score (nSPS) is 13.0. The molecule has 0 N–H and O–H groups in total. The first-order chi connectivity index (χ1) is 27.5. The van der Waals surface area contributed by atoms with Crippen LogP contribution in [0.3, 0.4) is 0 Å². The lowest BCUT2D eigenvalue weighted by molar-refractivity contribution is 0.660. The monoisotopic (exact) mass is 713 g/mol. The summed E-state index contributed by atoms with van der Waals surface area (Å²) in [5.41, 5.74) is 13.5. The van der Waals surface area contributed by atoms with Gasteiger partial charge in [0.15, 0.2) is 0 Å². The van der Waals surface area contributed by atoms with Crippen molar-refractivity contribution >= 4 is 60.2 Å². The Morgan fingerprint density at radius 2 is 0.875 bits per heavy atom. The molecule has 10 aromatic carbocycles. The largest absolute Gasteiger partial charge is 0.310 e. The third-order valence-corrected chi connectivity index (χ3v) is 12.2. The molecular weight excluding hydrogens is 675 g/mol. The Bertz CT molecular complexity index is 3170. The SMILES string of the molecule is CC1(C)c2ccccc2-c2ccc(N(c3cccc(-c4ccccc4)c3)c3cccc(-c4cccc5c4ccc4ccc6ccc7ccccc7c6c45)c3)cc21. The molecule has 0 amide bonds. The van der Waals surface area contributed by atoms with Gasteiger partial charge < -0.3 is 4.90 Å². The lowest BCUT2D eigenvalue weighted by Gasteiger charge is -2.29. The Morgan fingerprint density at radius 1 is 0.321 bits per heavy atom. The zero-order chi connectivity index (χ0) is 37.4. The summed E-state index contributed by atoms with van der Waals surface area (Å²) in [6.45, 7) is 4.72. The topological polar surface area (TPSA) is 3.24 Å². The molecule has 0 spiro atoms. The van der Waals surface area contributed by atoms with Crippen LogP contribution in [0.15, 0.2) is 200 Å². The van der Waals surface area contributed by atoms with Crippen LogP contribution in [0.2, 0.25) is 0 Å². The van der Waals surface area contributed by atoms with Crippen LogP contribution in [0.25, 0.3) is 76.5 Å². The van der Waals surface area contributed by atoms with E-state index in [4.69, 9.17) is 0 Å². The van der Waals surface area contributed by atoms with Gasteiger partial charge in [0, 0.05) is 22.5 Å². The summed E-state index contributed by atoms with van der Waals surface area (Å²) in [5.74, 6) is 0. The molecule has 1 aliphatic carbocycles. The van der Waals surface area contributed by atoms with E-state index in [1.54, 1.807) is 0 Å². The lowest BCUT2D eigenvalue weighted by atomic mass is 9.82. The molecule has 264 valence electrons. The van der Waals surface area contributed by atoms with E-state index in [0.717, 1.165) is 17.1 Å². The molecule has 1 heteroatoms. The van der Waals surface area contributed by atoms with Crippen LogP contribution in [0.4, 0.5) is 17.1 Å². The number of rotatable bonds is 5. The fraction of sp³-hybridized carbons (Fsp3) is 0.0545. The second-order valence-corrected chi connectivity index (χ2v) is 15.7. The molecule has 0 unspecified atom stereocenters. The van der Waals surface area contributed by atoms with Gasteiger partial charge in [0.2, 0.25) is 0 Å². The van der Waals surface area contributed by atoms with Crippen molar-refractivity contribution in [3.8, 4) is 33.4 Å². The Labute approximate surface area is 327 Å². The van der Waals surface area contributed by atoms with Gasteiger partial charge in [-0.3, -0.25) is 0 Å². The minimum Gasteiger partial charge on any atom is -0.310 e. The van der Waals surface area contributed by atoms with E-state index in [1.165, 1.54) is 87.6 Å². The first kappa shape index (κ1) is 32.5. The van der Waals surface area contributed by atoms with Crippen LogP contribution in [-0.4, -0.2) is 0 Å². The van der Waals surface area contributed by atoms with E-state index in [1.807, 2.05) is 0 Å². The van der Waals surface area contributed by atoms with Gasteiger partial charge in [-0.15, -0.1) is 0 Å². The van der Waals surface area contributed by atoms with Gasteiger partial charge in [-0.05, 0) is 124 Å². The molecule has 56 heavy (non-hydrogen) atoms. The molecule has 0 aromatic heterocycles. The Morgan fingerprint density at radius 3 is 1.70 bits per heavy atom. The van der Waals surface area contributed by atoms with E-state index in [0.29, 0.717) is 0 Å².